The summed E-state index contributed by atoms with van der Waals surface area (Å²) >= 11 is 0. The zero-order valence-corrected chi connectivity index (χ0v) is 15.8. The highest BCUT2D eigenvalue weighted by atomic mass is 19.4. The fourth-order valence-electron chi connectivity index (χ4n) is 2.29. The Balaban J connectivity index is 2.84. The van der Waals surface area contributed by atoms with Crippen LogP contribution in [0.25, 0.3) is 0 Å². The highest BCUT2D eigenvalue weighted by molar-refractivity contribution is 5.87. The third kappa shape index (κ3) is 5.23. The number of hydrogen-bond acceptors (Lipinski definition) is 2. The first kappa shape index (κ1) is 28.6. The van der Waals surface area contributed by atoms with Gasteiger partial charge in [0.1, 0.15) is 5.75 Å². The summed E-state index contributed by atoms with van der Waals surface area (Å²) in [6, 6.07) is 4.39. The molecule has 0 aliphatic rings. The Labute approximate surface area is 176 Å². The summed E-state index contributed by atoms with van der Waals surface area (Å²) < 4.78 is 174. The fraction of sp³-hybridized carbons (Fsp3) is 0.588. The molecule has 190 valence electrons. The van der Waals surface area contributed by atoms with Gasteiger partial charge in [-0.1, -0.05) is 0 Å². The van der Waals surface area contributed by atoms with Crippen molar-refractivity contribution in [2.24, 2.45) is 0 Å². The number of alkyl halides is 13. The molecule has 0 unspecified atom stereocenters. The number of unbranched alkanes of at least 4 members (excludes halogenated alkanes) is 1. The molecule has 0 aromatic heterocycles. The minimum Gasteiger partial charge on any atom is -0.494 e. The predicted octanol–water partition coefficient (Wildman–Crippen LogP) is 6.67. The lowest BCUT2D eigenvalue weighted by Gasteiger charge is -2.39. The fourth-order valence-corrected chi connectivity index (χ4v) is 2.29. The zero-order chi connectivity index (χ0) is 26.1. The molecule has 33 heavy (non-hydrogen) atoms. The molecule has 16 heteroatoms. The van der Waals surface area contributed by atoms with E-state index in [2.05, 4.69) is 0 Å². The molecular formula is C17H13F13O3. The van der Waals surface area contributed by atoms with Crippen molar-refractivity contribution in [1.82, 2.24) is 0 Å². The number of benzene rings is 1. The number of carboxylic acids is 1. The van der Waals surface area contributed by atoms with Gasteiger partial charge in [0.15, 0.2) is 0 Å². The Bertz CT molecular complexity index is 816. The summed E-state index contributed by atoms with van der Waals surface area (Å²) in [6.07, 6.45) is -11.4. The SMILES string of the molecule is O=C(O)c1ccc(OCCCCC(F)(F)C(F)(F)C(F)(F)C(F)(F)C(F)(F)C(F)(F)F)cc1. The van der Waals surface area contributed by atoms with Crippen LogP contribution >= 0.6 is 0 Å². The third-order valence-electron chi connectivity index (χ3n) is 4.25. The van der Waals surface area contributed by atoms with E-state index in [4.69, 9.17) is 9.84 Å². The van der Waals surface area contributed by atoms with Gasteiger partial charge >= 0.3 is 41.8 Å². The van der Waals surface area contributed by atoms with Gasteiger partial charge in [0.25, 0.3) is 0 Å². The average molecular weight is 512 g/mol. The monoisotopic (exact) mass is 512 g/mol. The van der Waals surface area contributed by atoms with E-state index >= 15 is 0 Å². The molecular weight excluding hydrogens is 499 g/mol. The van der Waals surface area contributed by atoms with E-state index in [9.17, 15) is 61.9 Å². The van der Waals surface area contributed by atoms with E-state index in [1.165, 1.54) is 0 Å². The van der Waals surface area contributed by atoms with E-state index < -0.39 is 67.6 Å². The number of aromatic carboxylic acids is 1. The molecule has 0 heterocycles. The molecule has 0 bridgehead atoms. The summed E-state index contributed by atoms with van der Waals surface area (Å²) in [5, 5.41) is 8.68. The van der Waals surface area contributed by atoms with Crippen LogP contribution in [0.2, 0.25) is 0 Å². The zero-order valence-electron chi connectivity index (χ0n) is 15.8. The number of ether oxygens (including phenoxy) is 1. The number of carboxylic acid groups (broad SMARTS) is 1. The van der Waals surface area contributed by atoms with Crippen molar-refractivity contribution >= 4 is 5.97 Å². The highest BCUT2D eigenvalue weighted by Gasteiger charge is 2.90. The van der Waals surface area contributed by atoms with Gasteiger partial charge in [-0.05, 0) is 37.1 Å². The van der Waals surface area contributed by atoms with Crippen LogP contribution in [0.1, 0.15) is 29.6 Å². The van der Waals surface area contributed by atoms with Crippen molar-refractivity contribution in [3.05, 3.63) is 29.8 Å². The molecule has 0 saturated heterocycles. The minimum absolute atomic E-state index is 0.0161. The molecule has 0 amide bonds. The van der Waals surface area contributed by atoms with Gasteiger partial charge in [-0.15, -0.1) is 0 Å². The van der Waals surface area contributed by atoms with E-state index in [0.717, 1.165) is 24.3 Å². The molecule has 3 nitrogen and oxygen atoms in total. The second-order valence-electron chi connectivity index (χ2n) is 6.63. The lowest BCUT2D eigenvalue weighted by atomic mass is 9.92. The van der Waals surface area contributed by atoms with Crippen molar-refractivity contribution in [3.63, 3.8) is 0 Å². The largest absolute Gasteiger partial charge is 0.494 e. The molecule has 1 aromatic rings. The second-order valence-corrected chi connectivity index (χ2v) is 6.63. The van der Waals surface area contributed by atoms with Crippen molar-refractivity contribution in [2.75, 3.05) is 6.61 Å². The van der Waals surface area contributed by atoms with Crippen molar-refractivity contribution in [3.8, 4) is 5.75 Å². The van der Waals surface area contributed by atoms with Crippen molar-refractivity contribution in [1.29, 1.82) is 0 Å². The maximum absolute atomic E-state index is 13.6. The van der Waals surface area contributed by atoms with E-state index in [1.54, 1.807) is 0 Å². The second kappa shape index (κ2) is 9.08. The quantitative estimate of drug-likeness (QED) is 0.266. The number of halogens is 13. The average Bonchev–Trinajstić information content (AvgIpc) is 2.66. The summed E-state index contributed by atoms with van der Waals surface area (Å²) in [6.45, 7) is -0.535. The van der Waals surface area contributed by atoms with Crippen LogP contribution in [-0.2, 0) is 0 Å². The van der Waals surface area contributed by atoms with Gasteiger partial charge in [-0.3, -0.25) is 0 Å². The van der Waals surface area contributed by atoms with Crippen molar-refractivity contribution in [2.45, 2.75) is 55.1 Å². The van der Waals surface area contributed by atoms with E-state index in [0.29, 0.717) is 0 Å². The summed E-state index contributed by atoms with van der Waals surface area (Å²) in [7, 11) is 0. The van der Waals surface area contributed by atoms with Gasteiger partial charge in [-0.2, -0.15) is 57.1 Å². The molecule has 0 saturated carbocycles. The maximum Gasteiger partial charge on any atom is 0.460 e. The summed E-state index contributed by atoms with van der Waals surface area (Å²) in [5.74, 6) is -38.1. The lowest BCUT2D eigenvalue weighted by molar-refractivity contribution is -0.440. The van der Waals surface area contributed by atoms with Crippen LogP contribution in [-0.4, -0.2) is 53.5 Å². The van der Waals surface area contributed by atoms with Gasteiger partial charge in [0.2, 0.25) is 0 Å². The van der Waals surface area contributed by atoms with Gasteiger partial charge < -0.3 is 9.84 Å². The van der Waals surface area contributed by atoms with Gasteiger partial charge in [0, 0.05) is 6.42 Å². The Morgan fingerprint density at radius 2 is 1.15 bits per heavy atom. The number of hydrogen-bond donors (Lipinski definition) is 1. The van der Waals surface area contributed by atoms with Crippen LogP contribution in [0.5, 0.6) is 5.75 Å². The molecule has 1 aromatic carbocycles. The number of rotatable bonds is 11. The predicted molar refractivity (Wildman–Crippen MR) is 83.5 cm³/mol. The molecule has 0 fully saturated rings. The first-order chi connectivity index (χ1) is 14.6. The first-order valence-corrected chi connectivity index (χ1v) is 8.55. The lowest BCUT2D eigenvalue weighted by Crippen LogP contribution is -2.70. The highest BCUT2D eigenvalue weighted by Crippen LogP contribution is 2.60. The molecule has 1 rings (SSSR count). The molecule has 0 aliphatic carbocycles. The van der Waals surface area contributed by atoms with Gasteiger partial charge in [-0.25, -0.2) is 4.79 Å². The Hall–Kier alpha value is -2.42. The summed E-state index contributed by atoms with van der Waals surface area (Å²) in [4.78, 5) is 10.7. The Morgan fingerprint density at radius 3 is 1.58 bits per heavy atom. The molecule has 0 aliphatic heterocycles. The van der Waals surface area contributed by atoms with Crippen LogP contribution in [0.15, 0.2) is 24.3 Å². The summed E-state index contributed by atoms with van der Waals surface area (Å²) in [5.41, 5.74) is -0.155. The topological polar surface area (TPSA) is 46.5 Å². The first-order valence-electron chi connectivity index (χ1n) is 8.55. The Kier molecular flexibility index (Phi) is 7.87. The smallest absolute Gasteiger partial charge is 0.460 e. The van der Waals surface area contributed by atoms with Crippen LogP contribution in [0, 0.1) is 0 Å². The van der Waals surface area contributed by atoms with Crippen LogP contribution in [0.3, 0.4) is 0 Å². The normalized spacial score (nSPS) is 14.3. The van der Waals surface area contributed by atoms with E-state index in [1.807, 2.05) is 0 Å². The van der Waals surface area contributed by atoms with Crippen molar-refractivity contribution < 1.29 is 71.7 Å². The maximum atomic E-state index is 13.6. The molecule has 0 atom stereocenters. The van der Waals surface area contributed by atoms with Gasteiger partial charge in [0.05, 0.1) is 12.2 Å². The molecule has 1 N–H and O–H groups in total. The standard InChI is InChI=1S/C17H13F13O3/c18-12(19,7-1-2-8-33-10-5-3-9(4-6-10)11(31)32)13(20,21)14(22,23)15(24,25)16(26,27)17(28,29)30/h3-6H,1-2,7-8H2,(H,31,32). The van der Waals surface area contributed by atoms with E-state index in [-0.39, 0.29) is 11.3 Å². The van der Waals surface area contributed by atoms with Crippen LogP contribution in [0.4, 0.5) is 57.1 Å². The Morgan fingerprint density at radius 1 is 0.697 bits per heavy atom. The molecule has 0 radical (unpaired) electrons. The third-order valence-corrected chi connectivity index (χ3v) is 4.25. The van der Waals surface area contributed by atoms with Crippen LogP contribution < -0.4 is 4.74 Å². The minimum atomic E-state index is -7.91. The molecule has 0 spiro atoms. The number of carbonyl (C=O) groups is 1.